The molecule has 0 saturated heterocycles. The topological polar surface area (TPSA) is 26.0 Å². The summed E-state index contributed by atoms with van der Waals surface area (Å²) in [6, 6.07) is 0.569. The van der Waals surface area contributed by atoms with Gasteiger partial charge in [0.2, 0.25) is 0 Å². The van der Waals surface area contributed by atoms with Gasteiger partial charge in [0.05, 0.1) is 0 Å². The molecule has 0 radical (unpaired) electrons. The zero-order chi connectivity index (χ0) is 7.19. The molecule has 0 spiro atoms. The molecule has 0 amide bonds. The predicted molar refractivity (Wildman–Crippen MR) is 42.7 cm³/mol. The van der Waals surface area contributed by atoms with Gasteiger partial charge in [-0.3, -0.25) is 0 Å². The summed E-state index contributed by atoms with van der Waals surface area (Å²) in [5, 5.41) is 0. The van der Waals surface area contributed by atoms with Crippen LogP contribution in [0, 0.1) is 11.3 Å². The van der Waals surface area contributed by atoms with Crippen LogP contribution in [0.2, 0.25) is 0 Å². The van der Waals surface area contributed by atoms with Crippen LogP contribution in [0.5, 0.6) is 0 Å². The number of nitrogens with two attached hydrogens (primary N) is 1. The second-order valence-corrected chi connectivity index (χ2v) is 4.07. The Morgan fingerprint density at radius 2 is 2.10 bits per heavy atom. The fourth-order valence-electron chi connectivity index (χ4n) is 2.44. The molecule has 0 aromatic rings. The van der Waals surface area contributed by atoms with Gasteiger partial charge >= 0.3 is 0 Å². The highest BCUT2D eigenvalue weighted by atomic mass is 14.8. The molecular formula is C9H17N. The Morgan fingerprint density at radius 1 is 1.50 bits per heavy atom. The highest BCUT2D eigenvalue weighted by Gasteiger charge is 2.59. The van der Waals surface area contributed by atoms with Gasteiger partial charge in [0.1, 0.15) is 0 Å². The molecule has 2 atom stereocenters. The van der Waals surface area contributed by atoms with E-state index in [1.807, 2.05) is 0 Å². The summed E-state index contributed by atoms with van der Waals surface area (Å²) < 4.78 is 0. The van der Waals surface area contributed by atoms with E-state index in [9.17, 15) is 0 Å². The van der Waals surface area contributed by atoms with E-state index in [-0.39, 0.29) is 0 Å². The Labute approximate surface area is 63.0 Å². The first kappa shape index (κ1) is 6.66. The monoisotopic (exact) mass is 139 g/mol. The smallest absolute Gasteiger partial charge is 0.0105 e. The summed E-state index contributed by atoms with van der Waals surface area (Å²) in [5.41, 5.74) is 6.58. The van der Waals surface area contributed by atoms with Crippen molar-refractivity contribution >= 4 is 0 Å². The van der Waals surface area contributed by atoms with E-state index in [1.54, 1.807) is 0 Å². The lowest BCUT2D eigenvalue weighted by Gasteiger charge is -2.12. The average Bonchev–Trinajstić information content (AvgIpc) is 2.67. The Morgan fingerprint density at radius 3 is 2.40 bits per heavy atom. The second kappa shape index (κ2) is 1.97. The molecular weight excluding hydrogens is 122 g/mol. The third kappa shape index (κ3) is 0.800. The molecule has 0 aromatic carbocycles. The zero-order valence-corrected chi connectivity index (χ0v) is 6.77. The van der Waals surface area contributed by atoms with Gasteiger partial charge in [-0.15, -0.1) is 0 Å². The van der Waals surface area contributed by atoms with E-state index in [2.05, 4.69) is 6.92 Å². The maximum atomic E-state index is 5.93. The van der Waals surface area contributed by atoms with Crippen LogP contribution < -0.4 is 5.73 Å². The van der Waals surface area contributed by atoms with Gasteiger partial charge < -0.3 is 5.73 Å². The molecule has 2 aliphatic rings. The molecule has 1 nitrogen and oxygen atoms in total. The Bertz CT molecular complexity index is 140. The first-order valence-corrected chi connectivity index (χ1v) is 4.55. The fourth-order valence-corrected chi connectivity index (χ4v) is 2.44. The summed E-state index contributed by atoms with van der Waals surface area (Å²) in [5.74, 6) is 1.03. The van der Waals surface area contributed by atoms with Gasteiger partial charge in [-0.1, -0.05) is 13.3 Å². The maximum Gasteiger partial charge on any atom is 0.0105 e. The lowest BCUT2D eigenvalue weighted by molar-refractivity contribution is 0.384. The van der Waals surface area contributed by atoms with Crippen LogP contribution in [0.15, 0.2) is 0 Å². The van der Waals surface area contributed by atoms with Crippen molar-refractivity contribution in [2.24, 2.45) is 17.1 Å². The first-order valence-electron chi connectivity index (χ1n) is 4.55. The van der Waals surface area contributed by atoms with Crippen LogP contribution in [0.1, 0.15) is 39.0 Å². The van der Waals surface area contributed by atoms with Gasteiger partial charge in [0, 0.05) is 6.04 Å². The molecule has 2 unspecified atom stereocenters. The minimum Gasteiger partial charge on any atom is -0.327 e. The number of hydrogen-bond acceptors (Lipinski definition) is 1. The van der Waals surface area contributed by atoms with Crippen molar-refractivity contribution in [3.63, 3.8) is 0 Å². The molecule has 58 valence electrons. The van der Waals surface area contributed by atoms with Crippen molar-refractivity contribution in [3.8, 4) is 0 Å². The third-order valence-corrected chi connectivity index (χ3v) is 3.28. The molecule has 10 heavy (non-hydrogen) atoms. The lowest BCUT2D eigenvalue weighted by atomic mass is 9.94. The number of rotatable bonds is 3. The van der Waals surface area contributed by atoms with Crippen molar-refractivity contribution in [2.45, 2.75) is 45.1 Å². The van der Waals surface area contributed by atoms with E-state index in [4.69, 9.17) is 5.73 Å². The molecule has 0 bridgehead atoms. The summed E-state index contributed by atoms with van der Waals surface area (Å²) in [6.45, 7) is 2.27. The van der Waals surface area contributed by atoms with Gasteiger partial charge in [-0.2, -0.15) is 0 Å². The van der Waals surface area contributed by atoms with Gasteiger partial charge in [0.25, 0.3) is 0 Å². The average molecular weight is 139 g/mol. The van der Waals surface area contributed by atoms with E-state index in [1.165, 1.54) is 32.1 Å². The van der Waals surface area contributed by atoms with Crippen molar-refractivity contribution in [3.05, 3.63) is 0 Å². The van der Waals surface area contributed by atoms with Gasteiger partial charge in [-0.05, 0) is 37.0 Å². The summed E-state index contributed by atoms with van der Waals surface area (Å²) in [6.07, 6.45) is 6.97. The molecule has 2 aliphatic carbocycles. The van der Waals surface area contributed by atoms with E-state index < -0.39 is 0 Å². The lowest BCUT2D eigenvalue weighted by Crippen LogP contribution is -2.15. The predicted octanol–water partition coefficient (Wildman–Crippen LogP) is 1.91. The standard InChI is InChI=1S/C9H17N/c1-2-5-9(6-8(9)10)7-3-4-7/h7-8H,2-6,10H2,1H3. The van der Waals surface area contributed by atoms with Crippen LogP contribution in [-0.2, 0) is 0 Å². The van der Waals surface area contributed by atoms with E-state index in [0.717, 1.165) is 5.92 Å². The largest absolute Gasteiger partial charge is 0.327 e. The van der Waals surface area contributed by atoms with Crippen molar-refractivity contribution < 1.29 is 0 Å². The maximum absolute atomic E-state index is 5.93. The van der Waals surface area contributed by atoms with Gasteiger partial charge in [-0.25, -0.2) is 0 Å². The van der Waals surface area contributed by atoms with Crippen LogP contribution in [-0.4, -0.2) is 6.04 Å². The molecule has 2 fully saturated rings. The fraction of sp³-hybridized carbons (Fsp3) is 1.00. The second-order valence-electron chi connectivity index (χ2n) is 4.07. The summed E-state index contributed by atoms with van der Waals surface area (Å²) >= 11 is 0. The SMILES string of the molecule is CCCC1(C2CC2)CC1N. The minimum absolute atomic E-state index is 0.569. The zero-order valence-electron chi connectivity index (χ0n) is 6.77. The Kier molecular flexibility index (Phi) is 1.31. The van der Waals surface area contributed by atoms with Crippen LogP contribution in [0.25, 0.3) is 0 Å². The molecule has 2 rings (SSSR count). The summed E-state index contributed by atoms with van der Waals surface area (Å²) in [7, 11) is 0. The van der Waals surface area contributed by atoms with E-state index >= 15 is 0 Å². The molecule has 0 heterocycles. The highest BCUT2D eigenvalue weighted by molar-refractivity contribution is 5.12. The Hall–Kier alpha value is -0.0400. The van der Waals surface area contributed by atoms with Crippen LogP contribution in [0.4, 0.5) is 0 Å². The normalized spacial score (nSPS) is 45.6. The number of hydrogen-bond donors (Lipinski definition) is 1. The molecule has 1 heteroatoms. The van der Waals surface area contributed by atoms with Gasteiger partial charge in [0.15, 0.2) is 0 Å². The molecule has 0 aromatic heterocycles. The van der Waals surface area contributed by atoms with Crippen LogP contribution in [0.3, 0.4) is 0 Å². The third-order valence-electron chi connectivity index (χ3n) is 3.28. The Balaban J connectivity index is 1.95. The quantitative estimate of drug-likeness (QED) is 0.635. The minimum atomic E-state index is 0.569. The van der Waals surface area contributed by atoms with Crippen molar-refractivity contribution in [1.82, 2.24) is 0 Å². The summed E-state index contributed by atoms with van der Waals surface area (Å²) in [4.78, 5) is 0. The first-order chi connectivity index (χ1) is 4.79. The van der Waals surface area contributed by atoms with E-state index in [0.29, 0.717) is 11.5 Å². The highest BCUT2D eigenvalue weighted by Crippen LogP contribution is 2.62. The van der Waals surface area contributed by atoms with Crippen molar-refractivity contribution in [2.75, 3.05) is 0 Å². The van der Waals surface area contributed by atoms with Crippen molar-refractivity contribution in [1.29, 1.82) is 0 Å². The molecule has 0 aliphatic heterocycles. The molecule has 2 saturated carbocycles. The molecule has 2 N–H and O–H groups in total. The van der Waals surface area contributed by atoms with Crippen LogP contribution >= 0.6 is 0 Å².